The Kier molecular flexibility index (Phi) is 4.41. The van der Waals surface area contributed by atoms with Gasteiger partial charge in [0.15, 0.2) is 22.9 Å². The van der Waals surface area contributed by atoms with E-state index < -0.39 is 5.97 Å². The number of rotatable bonds is 4. The first-order valence-electron chi connectivity index (χ1n) is 8.56. The van der Waals surface area contributed by atoms with E-state index in [1.54, 1.807) is 24.6 Å². The number of pyridine rings is 1. The van der Waals surface area contributed by atoms with Crippen LogP contribution in [-0.4, -0.2) is 29.4 Å². The summed E-state index contributed by atoms with van der Waals surface area (Å²) < 4.78 is 10.6. The van der Waals surface area contributed by atoms with Crippen LogP contribution in [0.4, 0.5) is 17.4 Å². The highest BCUT2D eigenvalue weighted by Gasteiger charge is 2.27. The Morgan fingerprint density at radius 3 is 2.86 bits per heavy atom. The summed E-state index contributed by atoms with van der Waals surface area (Å²) in [6.07, 6.45) is 4.90. The van der Waals surface area contributed by atoms with E-state index in [0.29, 0.717) is 11.4 Å². The average Bonchev–Trinajstić information content (AvgIpc) is 3.25. The number of carbonyl (C=O) groups is 1. The van der Waals surface area contributed by atoms with E-state index in [1.165, 1.54) is 7.11 Å². The van der Waals surface area contributed by atoms with Crippen LogP contribution in [0, 0.1) is 6.92 Å². The zero-order valence-corrected chi connectivity index (χ0v) is 15.3. The summed E-state index contributed by atoms with van der Waals surface area (Å²) in [6, 6.07) is 11.2. The molecule has 3 aromatic rings. The number of carbonyl (C=O) groups excluding carboxylic acids is 1. The smallest absolute Gasteiger partial charge is 0.347 e. The fourth-order valence-corrected chi connectivity index (χ4v) is 2.93. The topological polar surface area (TPSA) is 97.0 Å². The first kappa shape index (κ1) is 17.5. The van der Waals surface area contributed by atoms with Gasteiger partial charge in [-0.25, -0.2) is 14.8 Å². The molecule has 0 atom stereocenters. The molecule has 3 heterocycles. The third kappa shape index (κ3) is 3.03. The maximum Gasteiger partial charge on any atom is 0.347 e. The van der Waals surface area contributed by atoms with Crippen LogP contribution in [0.2, 0.25) is 0 Å². The fourth-order valence-electron chi connectivity index (χ4n) is 2.93. The average molecular weight is 375 g/mol. The third-order valence-electron chi connectivity index (χ3n) is 4.40. The van der Waals surface area contributed by atoms with Crippen LogP contribution in [0.3, 0.4) is 0 Å². The van der Waals surface area contributed by atoms with Gasteiger partial charge in [-0.15, -0.1) is 0 Å². The van der Waals surface area contributed by atoms with Crippen molar-refractivity contribution in [3.8, 4) is 5.75 Å². The lowest BCUT2D eigenvalue weighted by atomic mass is 10.1. The van der Waals surface area contributed by atoms with Gasteiger partial charge in [0.2, 0.25) is 5.88 Å². The van der Waals surface area contributed by atoms with Crippen molar-refractivity contribution in [2.75, 3.05) is 12.4 Å². The molecule has 0 unspecified atom stereocenters. The number of aliphatic imine (C=N–C) groups is 1. The number of ether oxygens (including phenoxy) is 1. The van der Waals surface area contributed by atoms with Crippen LogP contribution < -0.4 is 5.32 Å². The van der Waals surface area contributed by atoms with Crippen LogP contribution in [-0.2, 0) is 4.74 Å². The van der Waals surface area contributed by atoms with Crippen LogP contribution >= 0.6 is 0 Å². The first-order chi connectivity index (χ1) is 13.6. The van der Waals surface area contributed by atoms with E-state index in [9.17, 15) is 9.90 Å². The summed E-state index contributed by atoms with van der Waals surface area (Å²) in [5, 5.41) is 13.7. The van der Waals surface area contributed by atoms with Gasteiger partial charge in [0, 0.05) is 29.2 Å². The second-order valence-corrected chi connectivity index (χ2v) is 6.18. The van der Waals surface area contributed by atoms with Crippen molar-refractivity contribution in [3.63, 3.8) is 0 Å². The van der Waals surface area contributed by atoms with Gasteiger partial charge in [0.25, 0.3) is 0 Å². The number of aromatic nitrogens is 1. The Balaban J connectivity index is 1.79. The van der Waals surface area contributed by atoms with Gasteiger partial charge in [-0.05, 0) is 36.8 Å². The molecule has 0 amide bonds. The van der Waals surface area contributed by atoms with Crippen molar-refractivity contribution < 1.29 is 19.1 Å². The maximum absolute atomic E-state index is 12.2. The minimum absolute atomic E-state index is 0.0704. The second-order valence-electron chi connectivity index (χ2n) is 6.18. The molecule has 0 bridgehead atoms. The first-order valence-corrected chi connectivity index (χ1v) is 8.56. The number of aryl methyl sites for hydroxylation is 1. The highest BCUT2D eigenvalue weighted by molar-refractivity contribution is 6.21. The van der Waals surface area contributed by atoms with Gasteiger partial charge in [-0.1, -0.05) is 18.2 Å². The fraction of sp³-hybridized carbons (Fsp3) is 0.0952. The van der Waals surface area contributed by atoms with Crippen LogP contribution in [0.1, 0.15) is 27.2 Å². The zero-order valence-electron chi connectivity index (χ0n) is 15.3. The molecular formula is C21H17N3O4. The molecule has 0 fully saturated rings. The predicted molar refractivity (Wildman–Crippen MR) is 106 cm³/mol. The number of nitrogens with zero attached hydrogens (tertiary/aromatic N) is 2. The molecular weight excluding hydrogens is 358 g/mol. The van der Waals surface area contributed by atoms with E-state index in [4.69, 9.17) is 9.15 Å². The summed E-state index contributed by atoms with van der Waals surface area (Å²) in [6.45, 7) is 1.92. The number of anilines is 2. The number of methoxy groups -OCH3 is 1. The van der Waals surface area contributed by atoms with Gasteiger partial charge >= 0.3 is 5.97 Å². The summed E-state index contributed by atoms with van der Waals surface area (Å²) >= 11 is 0. The number of fused-ring (bicyclic) bond motifs is 1. The van der Waals surface area contributed by atoms with E-state index in [-0.39, 0.29) is 23.0 Å². The van der Waals surface area contributed by atoms with Crippen molar-refractivity contribution >= 4 is 41.2 Å². The molecule has 2 N–H and O–H groups in total. The van der Waals surface area contributed by atoms with Crippen LogP contribution in [0.15, 0.2) is 52.0 Å². The number of furan rings is 1. The van der Waals surface area contributed by atoms with Crippen molar-refractivity contribution in [2.24, 2.45) is 4.99 Å². The monoisotopic (exact) mass is 375 g/mol. The van der Waals surface area contributed by atoms with Gasteiger partial charge < -0.3 is 19.6 Å². The summed E-state index contributed by atoms with van der Waals surface area (Å²) in [5.41, 5.74) is 3.16. The van der Waals surface area contributed by atoms with Crippen LogP contribution in [0.5, 0.6) is 5.75 Å². The third-order valence-corrected chi connectivity index (χ3v) is 4.40. The number of benzene rings is 1. The van der Waals surface area contributed by atoms with E-state index in [2.05, 4.69) is 15.3 Å². The Morgan fingerprint density at radius 2 is 2.07 bits per heavy atom. The Bertz CT molecular complexity index is 1130. The van der Waals surface area contributed by atoms with E-state index >= 15 is 0 Å². The number of esters is 1. The molecule has 2 aromatic heterocycles. The summed E-state index contributed by atoms with van der Waals surface area (Å²) in [7, 11) is 1.25. The Labute approximate surface area is 161 Å². The molecule has 140 valence electrons. The predicted octanol–water partition coefficient (Wildman–Crippen LogP) is 4.48. The lowest BCUT2D eigenvalue weighted by Crippen LogP contribution is -2.04. The molecule has 0 saturated heterocycles. The van der Waals surface area contributed by atoms with Gasteiger partial charge in [-0.2, -0.15) is 0 Å². The Hall–Kier alpha value is -3.87. The Morgan fingerprint density at radius 1 is 1.25 bits per heavy atom. The molecule has 4 rings (SSSR count). The van der Waals surface area contributed by atoms with Crippen LogP contribution in [0.25, 0.3) is 11.6 Å². The number of hydrogen-bond acceptors (Lipinski definition) is 7. The van der Waals surface area contributed by atoms with Crippen molar-refractivity contribution in [3.05, 3.63) is 65.0 Å². The summed E-state index contributed by atoms with van der Waals surface area (Å²) in [4.78, 5) is 20.7. The maximum atomic E-state index is 12.2. The minimum Gasteiger partial charge on any atom is -0.504 e. The van der Waals surface area contributed by atoms with Crippen molar-refractivity contribution in [2.45, 2.75) is 6.92 Å². The zero-order chi connectivity index (χ0) is 19.7. The van der Waals surface area contributed by atoms with Crippen molar-refractivity contribution in [1.29, 1.82) is 0 Å². The standard InChI is InChI=1S/C21H17N3O4/c1-12-6-3-4-8-15(12)24-20-17(21(26)27-2)18(25)16(28-20)10-13-11-23-19-14(13)7-5-9-22-19/h3-11,24-25H,1-2H3. The van der Waals surface area contributed by atoms with Gasteiger partial charge in [-0.3, -0.25) is 0 Å². The highest BCUT2D eigenvalue weighted by atomic mass is 16.5. The molecule has 0 saturated carbocycles. The van der Waals surface area contributed by atoms with E-state index in [1.807, 2.05) is 37.3 Å². The normalized spacial score (nSPS) is 13.6. The molecule has 0 aliphatic carbocycles. The number of aromatic hydroxyl groups is 1. The second kappa shape index (κ2) is 7.03. The number of allylic oxidation sites excluding steroid dienone is 1. The molecule has 1 aromatic carbocycles. The minimum atomic E-state index is -0.704. The van der Waals surface area contributed by atoms with Gasteiger partial charge in [0.05, 0.1) is 7.11 Å². The molecule has 0 radical (unpaired) electrons. The number of para-hydroxylation sites is 1. The molecule has 1 aliphatic heterocycles. The lowest BCUT2D eigenvalue weighted by Gasteiger charge is -2.07. The summed E-state index contributed by atoms with van der Waals surface area (Å²) in [5.74, 6) is -0.196. The molecule has 0 spiro atoms. The largest absolute Gasteiger partial charge is 0.504 e. The highest BCUT2D eigenvalue weighted by Crippen LogP contribution is 2.39. The number of nitrogens with one attached hydrogen (secondary N) is 1. The van der Waals surface area contributed by atoms with Gasteiger partial charge in [0.1, 0.15) is 0 Å². The molecule has 7 heteroatoms. The quantitative estimate of drug-likeness (QED) is 0.653. The number of hydrogen-bond donors (Lipinski definition) is 2. The van der Waals surface area contributed by atoms with Crippen molar-refractivity contribution in [1.82, 2.24) is 4.98 Å². The molecule has 1 aliphatic rings. The van der Waals surface area contributed by atoms with E-state index in [0.717, 1.165) is 16.8 Å². The SMILES string of the molecule is COC(=O)c1c(Nc2ccccc2C)oc(C=C2C=Nc3ncccc32)c1O. The lowest BCUT2D eigenvalue weighted by molar-refractivity contribution is 0.0598. The molecule has 7 nitrogen and oxygen atoms in total. The molecule has 28 heavy (non-hydrogen) atoms.